The van der Waals surface area contributed by atoms with Crippen molar-refractivity contribution in [3.63, 3.8) is 0 Å². The number of rotatable bonds is 12. The lowest BCUT2D eigenvalue weighted by Crippen LogP contribution is -2.47. The van der Waals surface area contributed by atoms with E-state index in [-0.39, 0.29) is 12.3 Å². The van der Waals surface area contributed by atoms with Gasteiger partial charge in [-0.05, 0) is 54.2 Å². The van der Waals surface area contributed by atoms with Crippen LogP contribution in [0.3, 0.4) is 0 Å². The first-order valence-corrected chi connectivity index (χ1v) is 11.0. The molecule has 0 aliphatic heterocycles. The molecule has 166 valence electrons. The van der Waals surface area contributed by atoms with Gasteiger partial charge in [0.15, 0.2) is 0 Å². The van der Waals surface area contributed by atoms with E-state index in [0.717, 1.165) is 19.3 Å². The molecule has 3 atom stereocenters. The standard InChI is InChI=1S/C27H36N2O2/c1-5-20(3)21(4)18-25(27(28,6-2)17-16-26(30)31-29)19-22-12-14-24(15-13-22)23-10-8-7-9-11-23/h6-15,21,25H,2-3,5,16-19,28-29H2,1,4H3. The first-order valence-electron chi connectivity index (χ1n) is 11.0. The SMILES string of the molecule is C=CC(N)(CCC(=O)ON)C(Cc1ccc(-c2ccccc2)cc1)CC(C)C(=C)CC. The summed E-state index contributed by atoms with van der Waals surface area (Å²) in [6.45, 7) is 12.5. The molecule has 0 fully saturated rings. The van der Waals surface area contributed by atoms with Crippen LogP contribution in [0.15, 0.2) is 79.4 Å². The van der Waals surface area contributed by atoms with Crippen LogP contribution in [-0.4, -0.2) is 11.5 Å². The van der Waals surface area contributed by atoms with Crippen LogP contribution in [0.25, 0.3) is 11.1 Å². The van der Waals surface area contributed by atoms with Crippen molar-refractivity contribution >= 4 is 5.97 Å². The van der Waals surface area contributed by atoms with E-state index < -0.39 is 11.5 Å². The number of carbonyl (C=O) groups excluding carboxylic acids is 1. The van der Waals surface area contributed by atoms with Gasteiger partial charge >= 0.3 is 5.97 Å². The van der Waals surface area contributed by atoms with Crippen LogP contribution in [0.5, 0.6) is 0 Å². The minimum absolute atomic E-state index is 0.0939. The lowest BCUT2D eigenvalue weighted by Gasteiger charge is -2.37. The van der Waals surface area contributed by atoms with E-state index in [9.17, 15) is 4.79 Å². The molecule has 2 rings (SSSR count). The Morgan fingerprint density at radius 2 is 1.74 bits per heavy atom. The van der Waals surface area contributed by atoms with Gasteiger partial charge in [-0.25, -0.2) is 0 Å². The molecule has 0 amide bonds. The summed E-state index contributed by atoms with van der Waals surface area (Å²) in [6.07, 6.45) is 4.96. The van der Waals surface area contributed by atoms with Crippen molar-refractivity contribution in [2.24, 2.45) is 23.5 Å². The van der Waals surface area contributed by atoms with E-state index in [0.29, 0.717) is 12.3 Å². The number of benzene rings is 2. The second-order valence-electron chi connectivity index (χ2n) is 8.42. The van der Waals surface area contributed by atoms with E-state index in [1.807, 2.05) is 18.2 Å². The highest BCUT2D eigenvalue weighted by Crippen LogP contribution is 2.34. The lowest BCUT2D eigenvalue weighted by atomic mass is 9.72. The van der Waals surface area contributed by atoms with Gasteiger partial charge in [0.25, 0.3) is 0 Å². The molecule has 2 aromatic rings. The molecular formula is C27H36N2O2. The fourth-order valence-corrected chi connectivity index (χ4v) is 4.03. The van der Waals surface area contributed by atoms with Gasteiger partial charge in [0, 0.05) is 12.0 Å². The summed E-state index contributed by atoms with van der Waals surface area (Å²) in [6, 6.07) is 18.9. The van der Waals surface area contributed by atoms with Crippen LogP contribution in [0.1, 0.15) is 45.1 Å². The molecule has 31 heavy (non-hydrogen) atoms. The van der Waals surface area contributed by atoms with E-state index in [4.69, 9.17) is 11.6 Å². The molecule has 4 N–H and O–H groups in total. The van der Waals surface area contributed by atoms with Crippen molar-refractivity contribution < 1.29 is 9.63 Å². The summed E-state index contributed by atoms with van der Waals surface area (Å²) in [5.74, 6) is 4.97. The van der Waals surface area contributed by atoms with Crippen molar-refractivity contribution in [1.82, 2.24) is 0 Å². The Hall–Kier alpha value is -2.69. The largest absolute Gasteiger partial charge is 0.373 e. The predicted molar refractivity (Wildman–Crippen MR) is 129 cm³/mol. The van der Waals surface area contributed by atoms with Crippen LogP contribution in [-0.2, 0) is 16.1 Å². The van der Waals surface area contributed by atoms with Crippen LogP contribution >= 0.6 is 0 Å². The van der Waals surface area contributed by atoms with Gasteiger partial charge in [-0.15, -0.1) is 6.58 Å². The summed E-state index contributed by atoms with van der Waals surface area (Å²) in [5.41, 5.74) is 10.9. The quantitative estimate of drug-likeness (QED) is 0.347. The van der Waals surface area contributed by atoms with Crippen LogP contribution in [0.4, 0.5) is 0 Å². The maximum absolute atomic E-state index is 11.7. The van der Waals surface area contributed by atoms with Gasteiger partial charge < -0.3 is 10.6 Å². The van der Waals surface area contributed by atoms with Crippen molar-refractivity contribution in [2.45, 2.75) is 51.5 Å². The molecule has 0 heterocycles. The van der Waals surface area contributed by atoms with Crippen molar-refractivity contribution in [3.05, 3.63) is 85.0 Å². The third-order valence-electron chi connectivity index (χ3n) is 6.37. The molecular weight excluding hydrogens is 384 g/mol. The van der Waals surface area contributed by atoms with E-state index in [2.05, 4.69) is 68.2 Å². The zero-order valence-electron chi connectivity index (χ0n) is 18.8. The Bertz CT molecular complexity index is 861. The Kier molecular flexibility index (Phi) is 9.22. The third-order valence-corrected chi connectivity index (χ3v) is 6.37. The fourth-order valence-electron chi connectivity index (χ4n) is 4.03. The minimum Gasteiger partial charge on any atom is -0.373 e. The van der Waals surface area contributed by atoms with Crippen LogP contribution in [0.2, 0.25) is 0 Å². The molecule has 0 spiro atoms. The molecule has 0 saturated carbocycles. The lowest BCUT2D eigenvalue weighted by molar-refractivity contribution is -0.144. The molecule has 4 heteroatoms. The average Bonchev–Trinajstić information content (AvgIpc) is 2.82. The number of allylic oxidation sites excluding steroid dienone is 1. The molecule has 4 nitrogen and oxygen atoms in total. The normalized spacial score (nSPS) is 14.8. The minimum atomic E-state index is -0.714. The monoisotopic (exact) mass is 420 g/mol. The molecule has 0 aromatic heterocycles. The average molecular weight is 421 g/mol. The third kappa shape index (κ3) is 6.91. The number of hydrogen-bond acceptors (Lipinski definition) is 4. The van der Waals surface area contributed by atoms with E-state index in [1.165, 1.54) is 22.3 Å². The smallest absolute Gasteiger partial charge is 0.324 e. The zero-order valence-corrected chi connectivity index (χ0v) is 18.8. The van der Waals surface area contributed by atoms with Crippen LogP contribution in [0, 0.1) is 11.8 Å². The molecule has 0 bridgehead atoms. The summed E-state index contributed by atoms with van der Waals surface area (Å²) in [4.78, 5) is 16.0. The van der Waals surface area contributed by atoms with E-state index >= 15 is 0 Å². The van der Waals surface area contributed by atoms with Crippen molar-refractivity contribution in [2.75, 3.05) is 0 Å². The summed E-state index contributed by atoms with van der Waals surface area (Å²) < 4.78 is 0. The molecule has 3 unspecified atom stereocenters. The highest BCUT2D eigenvalue weighted by atomic mass is 16.7. The van der Waals surface area contributed by atoms with Crippen molar-refractivity contribution in [3.8, 4) is 11.1 Å². The Balaban J connectivity index is 2.25. The summed E-state index contributed by atoms with van der Waals surface area (Å²) in [5, 5.41) is 0. The van der Waals surface area contributed by atoms with Gasteiger partial charge in [0.05, 0.1) is 0 Å². The molecule has 0 aliphatic rings. The highest BCUT2D eigenvalue weighted by molar-refractivity contribution is 5.69. The van der Waals surface area contributed by atoms with E-state index in [1.54, 1.807) is 6.08 Å². The molecule has 0 radical (unpaired) electrons. The van der Waals surface area contributed by atoms with Crippen molar-refractivity contribution in [1.29, 1.82) is 0 Å². The van der Waals surface area contributed by atoms with Gasteiger partial charge in [-0.2, -0.15) is 5.90 Å². The van der Waals surface area contributed by atoms with Gasteiger partial charge in [0.2, 0.25) is 0 Å². The number of hydrogen-bond donors (Lipinski definition) is 2. The Morgan fingerprint density at radius 1 is 1.13 bits per heavy atom. The first kappa shape index (κ1) is 24.6. The van der Waals surface area contributed by atoms with Gasteiger partial charge in [0.1, 0.15) is 0 Å². The Labute approximate surface area is 186 Å². The summed E-state index contributed by atoms with van der Waals surface area (Å²) >= 11 is 0. The molecule has 2 aromatic carbocycles. The van der Waals surface area contributed by atoms with Gasteiger partial charge in [-0.3, -0.25) is 4.79 Å². The molecule has 0 aliphatic carbocycles. The first-order chi connectivity index (χ1) is 14.8. The maximum Gasteiger partial charge on any atom is 0.324 e. The second-order valence-corrected chi connectivity index (χ2v) is 8.42. The Morgan fingerprint density at radius 3 is 2.29 bits per heavy atom. The highest BCUT2D eigenvalue weighted by Gasteiger charge is 2.34. The van der Waals surface area contributed by atoms with Gasteiger partial charge in [-0.1, -0.05) is 86.7 Å². The second kappa shape index (κ2) is 11.6. The summed E-state index contributed by atoms with van der Waals surface area (Å²) in [7, 11) is 0. The zero-order chi connectivity index (χ0) is 22.9. The number of carbonyl (C=O) groups is 1. The maximum atomic E-state index is 11.7. The number of nitrogens with two attached hydrogens (primary N) is 2. The van der Waals surface area contributed by atoms with Crippen LogP contribution < -0.4 is 11.6 Å². The predicted octanol–water partition coefficient (Wildman–Crippen LogP) is 5.59. The topological polar surface area (TPSA) is 78.3 Å². The fraction of sp³-hybridized carbons (Fsp3) is 0.370. The molecule has 0 saturated heterocycles.